The molecule has 11 heavy (non-hydrogen) atoms. The van der Waals surface area contributed by atoms with Crippen molar-refractivity contribution in [2.45, 2.75) is 0 Å². The predicted molar refractivity (Wildman–Crippen MR) is 29.3 cm³/mol. The maximum absolute atomic E-state index is 7.33. The van der Waals surface area contributed by atoms with Gasteiger partial charge in [-0.15, -0.1) is 0 Å². The first kappa shape index (κ1) is 17.8. The third kappa shape index (κ3) is 1300. The second-order valence-electron chi connectivity index (χ2n) is 1.20. The van der Waals surface area contributed by atoms with Crippen molar-refractivity contribution < 1.29 is 59.4 Å². The van der Waals surface area contributed by atoms with Crippen LogP contribution in [0, 0.1) is 0 Å². The minimum Gasteiger partial charge on any atom is -0.368 e. The van der Waals surface area contributed by atoms with Gasteiger partial charge in [-0.25, -0.2) is 0 Å². The zero-order valence-corrected chi connectivity index (χ0v) is 8.99. The molecule has 0 saturated heterocycles. The predicted octanol–water partition coefficient (Wildman–Crippen LogP) is -5.22. The maximum atomic E-state index is 7.33. The van der Waals surface area contributed by atoms with Crippen molar-refractivity contribution in [1.29, 1.82) is 0 Å². The van der Waals surface area contributed by atoms with Gasteiger partial charge in [0.1, 0.15) is 0 Å². The first-order chi connectivity index (χ1) is 4.00. The van der Waals surface area contributed by atoms with E-state index in [2.05, 4.69) is 0 Å². The molecule has 0 aliphatic heterocycles. The summed E-state index contributed by atoms with van der Waals surface area (Å²) in [5.41, 5.74) is 0. The molecule has 70 valence electrons. The van der Waals surface area contributed by atoms with Crippen LogP contribution in [0.5, 0.6) is 0 Å². The Labute approximate surface area is 77.9 Å². The topological polar surface area (TPSA) is 162 Å². The molecule has 0 aliphatic carbocycles. The summed E-state index contributed by atoms with van der Waals surface area (Å²) in [6.07, 6.45) is 0. The summed E-state index contributed by atoms with van der Waals surface area (Å²) < 4.78 is 0. The van der Waals surface area contributed by atoms with Crippen LogP contribution in [-0.2, 0) is 21.1 Å². The molecule has 0 saturated carbocycles. The first-order valence-electron chi connectivity index (χ1n) is 1.79. The number of hydrogen-bond acceptors (Lipinski definition) is 8. The van der Waals surface area contributed by atoms with Crippen LogP contribution in [-0.4, -0.2) is 56.5 Å². The van der Waals surface area contributed by atoms with Gasteiger partial charge >= 0.3 is 18.1 Å². The average Bonchev–Trinajstić information content (AvgIpc) is 1.12. The summed E-state index contributed by atoms with van der Waals surface area (Å²) in [4.78, 5) is 58.6. The number of rotatable bonds is 0. The Morgan fingerprint density at radius 3 is 0.455 bits per heavy atom. The van der Waals surface area contributed by atoms with E-state index in [1.165, 1.54) is 0 Å². The summed E-state index contributed by atoms with van der Waals surface area (Å²) >= 11 is 0. The minimum absolute atomic E-state index is 0. The molecule has 0 unspecified atom stereocenters. The molecule has 0 aromatic carbocycles. The molecule has 0 rings (SSSR count). The molecular weight excluding hydrogens is 280 g/mol. The van der Waals surface area contributed by atoms with Gasteiger partial charge in [-0.2, -0.15) is 0 Å². The fraction of sp³-hybridized carbons (Fsp3) is 0. The smallest absolute Gasteiger partial charge is 0.368 e. The molecule has 0 aliphatic rings. The van der Waals surface area contributed by atoms with Gasteiger partial charge in [0.25, 0.3) is 0 Å². The SMILES string of the molecule is O[Si](O)(O)O.O[Si](O)(O)O.[Mo]. The van der Waals surface area contributed by atoms with E-state index >= 15 is 0 Å². The van der Waals surface area contributed by atoms with Gasteiger partial charge in [0.2, 0.25) is 0 Å². The van der Waals surface area contributed by atoms with Crippen LogP contribution in [0.1, 0.15) is 0 Å². The Morgan fingerprint density at radius 2 is 0.455 bits per heavy atom. The van der Waals surface area contributed by atoms with Gasteiger partial charge in [0.15, 0.2) is 0 Å². The molecule has 8 nitrogen and oxygen atoms in total. The largest absolute Gasteiger partial charge is 0.668 e. The zero-order chi connectivity index (χ0) is 9.00. The summed E-state index contributed by atoms with van der Waals surface area (Å²) in [6.45, 7) is 0. The van der Waals surface area contributed by atoms with Crippen LogP contribution in [0.3, 0.4) is 0 Å². The fourth-order valence-corrected chi connectivity index (χ4v) is 0. The average molecular weight is 288 g/mol. The van der Waals surface area contributed by atoms with Crippen LogP contribution >= 0.6 is 0 Å². The zero-order valence-electron chi connectivity index (χ0n) is 4.99. The van der Waals surface area contributed by atoms with Crippen LogP contribution < -0.4 is 0 Å². The quantitative estimate of drug-likeness (QED) is 0.205. The van der Waals surface area contributed by atoms with E-state index < -0.39 is 18.1 Å². The van der Waals surface area contributed by atoms with Crippen LogP contribution in [0.2, 0.25) is 0 Å². The van der Waals surface area contributed by atoms with Crippen molar-refractivity contribution in [2.75, 3.05) is 0 Å². The molecule has 0 aromatic rings. The van der Waals surface area contributed by atoms with Crippen LogP contribution in [0.4, 0.5) is 0 Å². The van der Waals surface area contributed by atoms with E-state index in [0.29, 0.717) is 0 Å². The molecule has 0 radical (unpaired) electrons. The van der Waals surface area contributed by atoms with E-state index in [9.17, 15) is 0 Å². The van der Waals surface area contributed by atoms with Crippen molar-refractivity contribution in [3.63, 3.8) is 0 Å². The minimum atomic E-state index is -4.61. The molecule has 11 heteroatoms. The molecule has 0 spiro atoms. The van der Waals surface area contributed by atoms with Gasteiger partial charge in [0.05, 0.1) is 0 Å². The summed E-state index contributed by atoms with van der Waals surface area (Å²) in [7, 11) is -9.22. The van der Waals surface area contributed by atoms with E-state index in [4.69, 9.17) is 38.4 Å². The molecule has 8 N–H and O–H groups in total. The van der Waals surface area contributed by atoms with Crippen molar-refractivity contribution in [3.8, 4) is 0 Å². The Morgan fingerprint density at radius 1 is 0.455 bits per heavy atom. The van der Waals surface area contributed by atoms with Crippen LogP contribution in [0.15, 0.2) is 0 Å². The van der Waals surface area contributed by atoms with E-state index in [1.807, 2.05) is 0 Å². The van der Waals surface area contributed by atoms with Crippen molar-refractivity contribution >= 4 is 18.1 Å². The maximum Gasteiger partial charge on any atom is 0.668 e. The summed E-state index contributed by atoms with van der Waals surface area (Å²) in [6, 6.07) is 0. The second-order valence-corrected chi connectivity index (χ2v) is 3.60. The Bertz CT molecular complexity index is 55.1. The number of hydrogen-bond donors (Lipinski definition) is 8. The van der Waals surface area contributed by atoms with Crippen LogP contribution in [0.25, 0.3) is 0 Å². The van der Waals surface area contributed by atoms with Gasteiger partial charge in [-0.05, 0) is 0 Å². The molecule has 0 fully saturated rings. The Hall–Kier alpha value is 0.802. The summed E-state index contributed by atoms with van der Waals surface area (Å²) in [5, 5.41) is 0. The molecule has 0 atom stereocenters. The first-order valence-corrected chi connectivity index (χ1v) is 5.37. The van der Waals surface area contributed by atoms with Gasteiger partial charge in [-0.3, -0.25) is 0 Å². The normalized spacial score (nSPS) is 10.9. The van der Waals surface area contributed by atoms with Crippen molar-refractivity contribution in [1.82, 2.24) is 0 Å². The van der Waals surface area contributed by atoms with E-state index in [1.54, 1.807) is 0 Å². The molecule has 0 bridgehead atoms. The fourth-order valence-electron chi connectivity index (χ4n) is 0. The molecule has 0 aromatic heterocycles. The van der Waals surface area contributed by atoms with Crippen molar-refractivity contribution in [3.05, 3.63) is 0 Å². The molecule has 0 heterocycles. The van der Waals surface area contributed by atoms with E-state index in [0.717, 1.165) is 0 Å². The molecular formula is H8MoO8Si2. The summed E-state index contributed by atoms with van der Waals surface area (Å²) in [5.74, 6) is 0. The monoisotopic (exact) mass is 290 g/mol. The Kier molecular flexibility index (Phi) is 10.2. The third-order valence-corrected chi connectivity index (χ3v) is 0. The molecule has 0 amide bonds. The van der Waals surface area contributed by atoms with Gasteiger partial charge in [-0.1, -0.05) is 0 Å². The second kappa shape index (κ2) is 6.33. The van der Waals surface area contributed by atoms with E-state index in [-0.39, 0.29) is 21.1 Å². The Balaban J connectivity index is -0.000000107. The third-order valence-electron chi connectivity index (χ3n) is 0. The van der Waals surface area contributed by atoms with Crippen molar-refractivity contribution in [2.24, 2.45) is 0 Å². The standard InChI is InChI=1S/Mo.2H4O4Si/c;2*1-5(2,3)4/h;2*1-4H. The van der Waals surface area contributed by atoms with Gasteiger partial charge < -0.3 is 38.4 Å². The van der Waals surface area contributed by atoms with Gasteiger partial charge in [0, 0.05) is 21.1 Å².